The van der Waals surface area contributed by atoms with Crippen molar-refractivity contribution in [1.82, 2.24) is 19.9 Å². The minimum Gasteiger partial charge on any atom is -0.368 e. The second-order valence-electron chi connectivity index (χ2n) is 5.40. The molecule has 0 radical (unpaired) electrons. The van der Waals surface area contributed by atoms with Crippen molar-refractivity contribution in [2.24, 2.45) is 0 Å². The molecule has 1 fully saturated rings. The Kier molecular flexibility index (Phi) is 3.58. The van der Waals surface area contributed by atoms with Crippen LogP contribution in [0.1, 0.15) is 49.4 Å². The Morgan fingerprint density at radius 3 is 2.65 bits per heavy atom. The van der Waals surface area contributed by atoms with Gasteiger partial charge in [-0.2, -0.15) is 9.97 Å². The molecule has 0 aliphatic heterocycles. The van der Waals surface area contributed by atoms with Crippen LogP contribution in [0.25, 0.3) is 11.4 Å². The molecule has 0 spiro atoms. The van der Waals surface area contributed by atoms with Crippen LogP contribution >= 0.6 is 0 Å². The molecule has 5 heteroatoms. The molecule has 0 saturated heterocycles. The molecule has 104 valence electrons. The lowest BCUT2D eigenvalue weighted by Gasteiger charge is -2.20. The number of nitrogens with zero attached hydrogens (tertiary/aromatic N) is 4. The Labute approximate surface area is 118 Å². The van der Waals surface area contributed by atoms with Gasteiger partial charge >= 0.3 is 0 Å². The molecule has 0 unspecified atom stereocenters. The van der Waals surface area contributed by atoms with Crippen LogP contribution < -0.4 is 5.73 Å². The van der Waals surface area contributed by atoms with Crippen molar-refractivity contribution < 1.29 is 0 Å². The number of nitrogen functional groups attached to an aromatic ring is 1. The monoisotopic (exact) mass is 269 g/mol. The van der Waals surface area contributed by atoms with Crippen LogP contribution in [-0.2, 0) is 0 Å². The van der Waals surface area contributed by atoms with E-state index in [4.69, 9.17) is 5.73 Å². The van der Waals surface area contributed by atoms with Gasteiger partial charge in [-0.1, -0.05) is 19.3 Å². The molecule has 20 heavy (non-hydrogen) atoms. The lowest BCUT2D eigenvalue weighted by atomic mass is 9.89. The molecule has 1 saturated carbocycles. The van der Waals surface area contributed by atoms with Gasteiger partial charge in [0, 0.05) is 23.9 Å². The number of pyridine rings is 1. The zero-order valence-electron chi connectivity index (χ0n) is 11.7. The first-order chi connectivity index (χ1) is 9.74. The average molecular weight is 269 g/mol. The van der Waals surface area contributed by atoms with Gasteiger partial charge in [-0.05, 0) is 31.4 Å². The third kappa shape index (κ3) is 2.61. The Balaban J connectivity index is 2.00. The summed E-state index contributed by atoms with van der Waals surface area (Å²) in [4.78, 5) is 17.4. The molecule has 2 aromatic heterocycles. The van der Waals surface area contributed by atoms with Gasteiger partial charge in [0.25, 0.3) is 0 Å². The maximum absolute atomic E-state index is 5.87. The van der Waals surface area contributed by atoms with Crippen molar-refractivity contribution in [1.29, 1.82) is 0 Å². The highest BCUT2D eigenvalue weighted by molar-refractivity contribution is 5.59. The molecule has 3 rings (SSSR count). The normalized spacial score (nSPS) is 16.2. The van der Waals surface area contributed by atoms with Crippen LogP contribution in [0, 0.1) is 6.92 Å². The maximum atomic E-state index is 5.87. The van der Waals surface area contributed by atoms with E-state index in [0.717, 1.165) is 29.8 Å². The summed E-state index contributed by atoms with van der Waals surface area (Å²) in [5.74, 6) is 2.21. The van der Waals surface area contributed by atoms with Gasteiger partial charge in [-0.25, -0.2) is 4.98 Å². The smallest absolute Gasteiger partial charge is 0.223 e. The molecule has 2 N–H and O–H groups in total. The summed E-state index contributed by atoms with van der Waals surface area (Å²) in [6.07, 6.45) is 9.66. The van der Waals surface area contributed by atoms with E-state index >= 15 is 0 Å². The van der Waals surface area contributed by atoms with E-state index < -0.39 is 0 Å². The Bertz CT molecular complexity index is 605. The fraction of sp³-hybridized carbons (Fsp3) is 0.467. The largest absolute Gasteiger partial charge is 0.368 e. The van der Waals surface area contributed by atoms with Crippen LogP contribution in [0.4, 0.5) is 5.95 Å². The predicted molar refractivity (Wildman–Crippen MR) is 78.0 cm³/mol. The number of aryl methyl sites for hydroxylation is 1. The number of rotatable bonds is 2. The highest BCUT2D eigenvalue weighted by atomic mass is 15.1. The van der Waals surface area contributed by atoms with Crippen LogP contribution in [0.3, 0.4) is 0 Å². The molecule has 1 aliphatic carbocycles. The van der Waals surface area contributed by atoms with E-state index in [-0.39, 0.29) is 0 Å². The summed E-state index contributed by atoms with van der Waals surface area (Å²) in [7, 11) is 0. The molecular weight excluding hydrogens is 250 g/mol. The van der Waals surface area contributed by atoms with Gasteiger partial charge < -0.3 is 5.73 Å². The number of nitrogens with two attached hydrogens (primary N) is 1. The number of hydrogen-bond acceptors (Lipinski definition) is 5. The second-order valence-corrected chi connectivity index (χ2v) is 5.40. The second kappa shape index (κ2) is 5.53. The first-order valence-corrected chi connectivity index (χ1v) is 7.16. The zero-order valence-corrected chi connectivity index (χ0v) is 11.7. The van der Waals surface area contributed by atoms with Crippen LogP contribution in [0.5, 0.6) is 0 Å². The van der Waals surface area contributed by atoms with E-state index in [1.54, 1.807) is 12.4 Å². The molecule has 0 aromatic carbocycles. The Morgan fingerprint density at radius 1 is 1.10 bits per heavy atom. The third-order valence-corrected chi connectivity index (χ3v) is 3.92. The Hall–Kier alpha value is -2.04. The molecular formula is C15H19N5. The molecule has 0 atom stereocenters. The lowest BCUT2D eigenvalue weighted by molar-refractivity contribution is 0.428. The van der Waals surface area contributed by atoms with Crippen molar-refractivity contribution in [3.8, 4) is 11.4 Å². The third-order valence-electron chi connectivity index (χ3n) is 3.92. The van der Waals surface area contributed by atoms with E-state index in [2.05, 4.69) is 19.9 Å². The van der Waals surface area contributed by atoms with E-state index in [9.17, 15) is 0 Å². The molecule has 0 amide bonds. The average Bonchev–Trinajstić information content (AvgIpc) is 2.48. The van der Waals surface area contributed by atoms with E-state index in [1.165, 1.54) is 19.3 Å². The topological polar surface area (TPSA) is 77.6 Å². The van der Waals surface area contributed by atoms with Crippen LogP contribution in [0.15, 0.2) is 18.5 Å². The van der Waals surface area contributed by atoms with E-state index in [0.29, 0.717) is 17.7 Å². The van der Waals surface area contributed by atoms with Gasteiger partial charge in [0.15, 0.2) is 5.82 Å². The first kappa shape index (κ1) is 13.0. The van der Waals surface area contributed by atoms with Gasteiger partial charge in [-0.15, -0.1) is 0 Å². The van der Waals surface area contributed by atoms with Crippen molar-refractivity contribution in [2.75, 3.05) is 5.73 Å². The van der Waals surface area contributed by atoms with Crippen molar-refractivity contribution >= 4 is 5.95 Å². The Morgan fingerprint density at radius 2 is 1.90 bits per heavy atom. The molecule has 5 nitrogen and oxygen atoms in total. The predicted octanol–water partition coefficient (Wildman–Crippen LogP) is 2.87. The van der Waals surface area contributed by atoms with Gasteiger partial charge in [0.1, 0.15) is 5.82 Å². The minimum absolute atomic E-state index is 0.304. The number of aromatic nitrogens is 4. The summed E-state index contributed by atoms with van der Waals surface area (Å²) in [5.41, 5.74) is 7.90. The van der Waals surface area contributed by atoms with Gasteiger partial charge in [-0.3, -0.25) is 4.98 Å². The fourth-order valence-corrected chi connectivity index (χ4v) is 2.77. The highest BCUT2D eigenvalue weighted by Crippen LogP contribution is 2.31. The SMILES string of the molecule is Cc1ccncc1-c1nc(N)nc(C2CCCCC2)n1. The summed E-state index contributed by atoms with van der Waals surface area (Å²) in [6, 6.07) is 1.95. The summed E-state index contributed by atoms with van der Waals surface area (Å²) >= 11 is 0. The van der Waals surface area contributed by atoms with Crippen molar-refractivity contribution in [2.45, 2.75) is 44.9 Å². The molecule has 0 bridgehead atoms. The summed E-state index contributed by atoms with van der Waals surface area (Å²) in [6.45, 7) is 2.03. The van der Waals surface area contributed by atoms with E-state index in [1.807, 2.05) is 13.0 Å². The molecule has 2 aromatic rings. The quantitative estimate of drug-likeness (QED) is 0.907. The highest BCUT2D eigenvalue weighted by Gasteiger charge is 2.20. The summed E-state index contributed by atoms with van der Waals surface area (Å²) in [5, 5.41) is 0. The van der Waals surface area contributed by atoms with Gasteiger partial charge in [0.2, 0.25) is 5.95 Å². The number of anilines is 1. The first-order valence-electron chi connectivity index (χ1n) is 7.16. The standard InChI is InChI=1S/C15H19N5/c1-10-7-8-17-9-12(10)14-18-13(19-15(16)20-14)11-5-3-2-4-6-11/h7-9,11H,2-6H2,1H3,(H2,16,18,19,20). The maximum Gasteiger partial charge on any atom is 0.223 e. The minimum atomic E-state index is 0.304. The molecule has 2 heterocycles. The van der Waals surface area contributed by atoms with Crippen LogP contribution in [0.2, 0.25) is 0 Å². The summed E-state index contributed by atoms with van der Waals surface area (Å²) < 4.78 is 0. The zero-order chi connectivity index (χ0) is 13.9. The van der Waals surface area contributed by atoms with Crippen molar-refractivity contribution in [3.63, 3.8) is 0 Å². The fourth-order valence-electron chi connectivity index (χ4n) is 2.77. The molecule has 1 aliphatic rings. The van der Waals surface area contributed by atoms with Gasteiger partial charge in [0.05, 0.1) is 0 Å². The van der Waals surface area contributed by atoms with Crippen LogP contribution in [-0.4, -0.2) is 19.9 Å². The van der Waals surface area contributed by atoms with Crippen molar-refractivity contribution in [3.05, 3.63) is 29.8 Å². The number of hydrogen-bond donors (Lipinski definition) is 1. The lowest BCUT2D eigenvalue weighted by Crippen LogP contribution is -2.12.